The number of nitrogens with zero attached hydrogens (tertiary/aromatic N) is 2. The lowest BCUT2D eigenvalue weighted by molar-refractivity contribution is -0.140. The molecular weight excluding hydrogens is 324 g/mol. The Bertz CT molecular complexity index is 674. The average Bonchev–Trinajstić information content (AvgIpc) is 2.96. The third-order valence-electron chi connectivity index (χ3n) is 6.12. The van der Waals surface area contributed by atoms with Crippen molar-refractivity contribution < 1.29 is 13.6 Å². The first kappa shape index (κ1) is 16.9. The molecule has 0 aromatic heterocycles. The summed E-state index contributed by atoms with van der Waals surface area (Å²) in [6.45, 7) is 5.91. The van der Waals surface area contributed by atoms with E-state index in [1.165, 1.54) is 12.1 Å². The molecule has 136 valence electrons. The summed E-state index contributed by atoms with van der Waals surface area (Å²) in [6, 6.07) is 3.94. The van der Waals surface area contributed by atoms with Crippen LogP contribution in [0.1, 0.15) is 38.2 Å². The number of rotatable bonds is 2. The molecule has 4 aliphatic heterocycles. The largest absolute Gasteiger partial charge is 0.336 e. The molecule has 0 unspecified atom stereocenters. The van der Waals surface area contributed by atoms with Gasteiger partial charge in [0.1, 0.15) is 11.6 Å². The molecule has 4 aliphatic rings. The molecule has 1 amide bonds. The molecule has 4 nitrogen and oxygen atoms in total. The summed E-state index contributed by atoms with van der Waals surface area (Å²) in [5.41, 5.74) is 5.78. The van der Waals surface area contributed by atoms with Crippen molar-refractivity contribution in [2.75, 3.05) is 19.6 Å². The van der Waals surface area contributed by atoms with Crippen LogP contribution in [0.4, 0.5) is 8.78 Å². The van der Waals surface area contributed by atoms with Gasteiger partial charge in [-0.3, -0.25) is 9.69 Å². The van der Waals surface area contributed by atoms with Crippen molar-refractivity contribution >= 4 is 5.91 Å². The third-order valence-corrected chi connectivity index (χ3v) is 6.12. The summed E-state index contributed by atoms with van der Waals surface area (Å²) < 4.78 is 27.6. The first-order valence-corrected chi connectivity index (χ1v) is 9.05. The van der Waals surface area contributed by atoms with Gasteiger partial charge >= 0.3 is 0 Å². The number of likely N-dealkylation sites (tertiary alicyclic amines) is 1. The van der Waals surface area contributed by atoms with E-state index in [4.69, 9.17) is 5.73 Å². The molecule has 5 rings (SSSR count). The van der Waals surface area contributed by atoms with Crippen LogP contribution in [-0.4, -0.2) is 53.0 Å². The lowest BCUT2D eigenvalue weighted by Crippen LogP contribution is -2.63. The Balaban J connectivity index is 1.74. The third kappa shape index (κ3) is 2.75. The molecule has 4 heterocycles. The first-order chi connectivity index (χ1) is 11.8. The Morgan fingerprint density at radius 3 is 2.28 bits per heavy atom. The van der Waals surface area contributed by atoms with Crippen LogP contribution in [-0.2, 0) is 4.79 Å². The van der Waals surface area contributed by atoms with Crippen molar-refractivity contribution in [1.82, 2.24) is 9.80 Å². The number of piperidine rings is 3. The van der Waals surface area contributed by atoms with Gasteiger partial charge in [0.05, 0.1) is 11.6 Å². The predicted molar refractivity (Wildman–Crippen MR) is 91.0 cm³/mol. The molecule has 0 radical (unpaired) electrons. The fraction of sp³-hybridized carbons (Fsp3) is 0.632. The van der Waals surface area contributed by atoms with Crippen molar-refractivity contribution in [1.29, 1.82) is 0 Å². The van der Waals surface area contributed by atoms with Gasteiger partial charge in [0.15, 0.2) is 0 Å². The van der Waals surface area contributed by atoms with Gasteiger partial charge in [-0.25, -0.2) is 8.78 Å². The van der Waals surface area contributed by atoms with E-state index in [9.17, 15) is 13.6 Å². The molecule has 1 aromatic carbocycles. The molecule has 6 heteroatoms. The van der Waals surface area contributed by atoms with Crippen molar-refractivity contribution in [3.8, 4) is 0 Å². The second-order valence-corrected chi connectivity index (χ2v) is 8.34. The monoisotopic (exact) mass is 349 g/mol. The number of benzene rings is 1. The highest BCUT2D eigenvalue weighted by molar-refractivity contribution is 5.86. The smallest absolute Gasteiger partial charge is 0.242 e. The maximum Gasteiger partial charge on any atom is 0.242 e. The Labute approximate surface area is 147 Å². The first-order valence-electron chi connectivity index (χ1n) is 9.05. The van der Waals surface area contributed by atoms with Crippen molar-refractivity contribution in [3.05, 3.63) is 35.4 Å². The number of hydrogen-bond donors (Lipinski definition) is 1. The standard InChI is InChI=1S/C19H25F2N3O/c1-19(2,22)18(25)24-10-15(12-7-13(20)9-14(21)8-12)17-16(24)11-3-5-23(17)6-4-11/h7-9,11,15-17H,3-6,10,22H2,1-2H3/t15-,16+,17+/m0/s1. The molecule has 1 aromatic rings. The van der Waals surface area contributed by atoms with Gasteiger partial charge in [0.25, 0.3) is 0 Å². The molecule has 2 N–H and O–H groups in total. The normalized spacial score (nSPS) is 34.3. The van der Waals surface area contributed by atoms with Crippen LogP contribution in [0.25, 0.3) is 0 Å². The molecule has 25 heavy (non-hydrogen) atoms. The van der Waals surface area contributed by atoms with Crippen LogP contribution < -0.4 is 5.73 Å². The maximum absolute atomic E-state index is 13.8. The number of nitrogens with two attached hydrogens (primary N) is 1. The van der Waals surface area contributed by atoms with Gasteiger partial charge in [-0.1, -0.05) is 0 Å². The Morgan fingerprint density at radius 2 is 1.72 bits per heavy atom. The molecule has 0 spiro atoms. The molecule has 3 atom stereocenters. The summed E-state index contributed by atoms with van der Waals surface area (Å²) in [7, 11) is 0. The molecule has 2 bridgehead atoms. The van der Waals surface area contributed by atoms with Crippen LogP contribution in [0.15, 0.2) is 18.2 Å². The van der Waals surface area contributed by atoms with Gasteiger partial charge < -0.3 is 10.6 Å². The highest BCUT2D eigenvalue weighted by Crippen LogP contribution is 2.47. The SMILES string of the molecule is CC(C)(N)C(=O)N1C[C@@H](c2cc(F)cc(F)c2)[C@@H]2[C@H]1C1CCN2CC1. The number of carbonyl (C=O) groups is 1. The zero-order valence-electron chi connectivity index (χ0n) is 14.7. The summed E-state index contributed by atoms with van der Waals surface area (Å²) in [4.78, 5) is 17.2. The minimum atomic E-state index is -0.946. The van der Waals surface area contributed by atoms with Gasteiger partial charge in [0, 0.05) is 24.6 Å². The molecule has 0 saturated carbocycles. The summed E-state index contributed by atoms with van der Waals surface area (Å²) in [6.07, 6.45) is 2.14. The van der Waals surface area contributed by atoms with Crippen LogP contribution in [0.2, 0.25) is 0 Å². The van der Waals surface area contributed by atoms with E-state index in [0.717, 1.165) is 32.0 Å². The topological polar surface area (TPSA) is 49.6 Å². The van der Waals surface area contributed by atoms with Crippen molar-refractivity contribution in [2.45, 2.75) is 50.2 Å². The van der Waals surface area contributed by atoms with E-state index in [-0.39, 0.29) is 23.9 Å². The minimum absolute atomic E-state index is 0.0735. The predicted octanol–water partition coefficient (Wildman–Crippen LogP) is 2.09. The maximum atomic E-state index is 13.8. The summed E-state index contributed by atoms with van der Waals surface area (Å²) >= 11 is 0. The number of hydrogen-bond acceptors (Lipinski definition) is 3. The second-order valence-electron chi connectivity index (χ2n) is 8.34. The van der Waals surface area contributed by atoms with Crippen molar-refractivity contribution in [3.63, 3.8) is 0 Å². The number of carbonyl (C=O) groups excluding carboxylic acids is 1. The zero-order valence-corrected chi connectivity index (χ0v) is 14.7. The van der Waals surface area contributed by atoms with Crippen LogP contribution in [0.3, 0.4) is 0 Å². The van der Waals surface area contributed by atoms with Gasteiger partial charge in [-0.05, 0) is 63.4 Å². The fourth-order valence-electron chi connectivity index (χ4n) is 5.11. The van der Waals surface area contributed by atoms with E-state index in [1.54, 1.807) is 13.8 Å². The lowest BCUT2D eigenvalue weighted by Gasteiger charge is -2.51. The quantitative estimate of drug-likeness (QED) is 0.889. The van der Waals surface area contributed by atoms with Gasteiger partial charge in [-0.15, -0.1) is 0 Å². The van der Waals surface area contributed by atoms with Crippen LogP contribution in [0.5, 0.6) is 0 Å². The van der Waals surface area contributed by atoms with E-state index < -0.39 is 17.2 Å². The number of fused-ring (bicyclic) bond motifs is 2. The molecule has 4 saturated heterocycles. The zero-order chi connectivity index (χ0) is 17.9. The summed E-state index contributed by atoms with van der Waals surface area (Å²) in [5, 5.41) is 0. The number of halogens is 2. The Hall–Kier alpha value is -1.53. The molecular formula is C19H25F2N3O. The Morgan fingerprint density at radius 1 is 1.12 bits per heavy atom. The summed E-state index contributed by atoms with van der Waals surface area (Å²) in [5.74, 6) is -0.831. The van der Waals surface area contributed by atoms with E-state index in [2.05, 4.69) is 4.90 Å². The minimum Gasteiger partial charge on any atom is -0.336 e. The molecule has 4 fully saturated rings. The van der Waals surface area contributed by atoms with Gasteiger partial charge in [0.2, 0.25) is 5.91 Å². The van der Waals surface area contributed by atoms with E-state index in [0.29, 0.717) is 18.0 Å². The second kappa shape index (κ2) is 5.74. The lowest BCUT2D eigenvalue weighted by atomic mass is 9.75. The fourth-order valence-corrected chi connectivity index (χ4v) is 5.11. The van der Waals surface area contributed by atoms with E-state index in [1.807, 2.05) is 4.90 Å². The van der Waals surface area contributed by atoms with Crippen LogP contribution in [0, 0.1) is 17.6 Å². The highest BCUT2D eigenvalue weighted by Gasteiger charge is 2.55. The highest BCUT2D eigenvalue weighted by atomic mass is 19.1. The van der Waals surface area contributed by atoms with E-state index >= 15 is 0 Å². The van der Waals surface area contributed by atoms with Crippen LogP contribution >= 0.6 is 0 Å². The number of amides is 1. The Kier molecular flexibility index (Phi) is 3.88. The molecule has 0 aliphatic carbocycles. The average molecular weight is 349 g/mol. The van der Waals surface area contributed by atoms with Gasteiger partial charge in [-0.2, -0.15) is 0 Å². The van der Waals surface area contributed by atoms with Crippen molar-refractivity contribution in [2.24, 2.45) is 11.7 Å².